The topological polar surface area (TPSA) is 33.7 Å². The van der Waals surface area contributed by atoms with Gasteiger partial charge in [-0.25, -0.2) is 5.43 Å². The molecule has 0 saturated heterocycles. The predicted molar refractivity (Wildman–Crippen MR) is 62.2 cm³/mol. The van der Waals surface area contributed by atoms with Crippen molar-refractivity contribution < 1.29 is 9.47 Å². The molecule has 16 heavy (non-hydrogen) atoms. The van der Waals surface area contributed by atoms with Crippen LogP contribution in [0.15, 0.2) is 31.0 Å². The zero-order chi connectivity index (χ0) is 11.4. The molecule has 0 unspecified atom stereocenters. The number of ether oxygens (including phenoxy) is 2. The molecule has 1 aromatic carbocycles. The van der Waals surface area contributed by atoms with Gasteiger partial charge in [-0.2, -0.15) is 0 Å². The van der Waals surface area contributed by atoms with Crippen LogP contribution < -0.4 is 14.9 Å². The maximum atomic E-state index is 5.32. The van der Waals surface area contributed by atoms with Gasteiger partial charge in [0, 0.05) is 19.8 Å². The standard InChI is InChI=1S/C12H16N2O2/c1-3-14(2)13-7-6-10-4-5-11-12(8-10)16-9-15-11/h3-5,8,13H,1,6-7,9H2,2H3. The molecule has 0 saturated carbocycles. The Morgan fingerprint density at radius 2 is 2.25 bits per heavy atom. The van der Waals surface area contributed by atoms with Gasteiger partial charge in [-0.1, -0.05) is 12.6 Å². The summed E-state index contributed by atoms with van der Waals surface area (Å²) in [4.78, 5) is 0. The molecule has 0 aromatic heterocycles. The maximum Gasteiger partial charge on any atom is 0.231 e. The molecule has 0 atom stereocenters. The van der Waals surface area contributed by atoms with Crippen LogP contribution in [0.5, 0.6) is 11.5 Å². The first-order chi connectivity index (χ1) is 7.79. The van der Waals surface area contributed by atoms with E-state index in [4.69, 9.17) is 9.47 Å². The molecule has 1 aliphatic heterocycles. The van der Waals surface area contributed by atoms with Gasteiger partial charge in [0.1, 0.15) is 0 Å². The smallest absolute Gasteiger partial charge is 0.231 e. The second-order valence-electron chi connectivity index (χ2n) is 3.64. The van der Waals surface area contributed by atoms with Crippen molar-refractivity contribution in [3.8, 4) is 11.5 Å². The summed E-state index contributed by atoms with van der Waals surface area (Å²) in [5.74, 6) is 1.68. The molecule has 0 radical (unpaired) electrons. The van der Waals surface area contributed by atoms with E-state index in [0.717, 1.165) is 24.5 Å². The van der Waals surface area contributed by atoms with E-state index in [-0.39, 0.29) is 0 Å². The van der Waals surface area contributed by atoms with E-state index >= 15 is 0 Å². The van der Waals surface area contributed by atoms with Crippen molar-refractivity contribution in [1.82, 2.24) is 10.4 Å². The lowest BCUT2D eigenvalue weighted by Gasteiger charge is -2.14. The first-order valence-corrected chi connectivity index (χ1v) is 5.27. The van der Waals surface area contributed by atoms with Gasteiger partial charge >= 0.3 is 0 Å². The average molecular weight is 220 g/mol. The Labute approximate surface area is 95.4 Å². The third-order valence-corrected chi connectivity index (χ3v) is 2.49. The van der Waals surface area contributed by atoms with Crippen molar-refractivity contribution in [3.63, 3.8) is 0 Å². The fourth-order valence-electron chi connectivity index (χ4n) is 1.54. The molecule has 1 aromatic rings. The van der Waals surface area contributed by atoms with Crippen molar-refractivity contribution in [1.29, 1.82) is 0 Å². The minimum absolute atomic E-state index is 0.330. The number of rotatable bonds is 5. The Bertz CT molecular complexity index is 379. The number of hydrazine groups is 1. The van der Waals surface area contributed by atoms with E-state index in [2.05, 4.69) is 18.1 Å². The van der Waals surface area contributed by atoms with Crippen LogP contribution in [0.4, 0.5) is 0 Å². The highest BCUT2D eigenvalue weighted by atomic mass is 16.7. The summed E-state index contributed by atoms with van der Waals surface area (Å²) in [5, 5.41) is 1.84. The Hall–Kier alpha value is -1.68. The van der Waals surface area contributed by atoms with E-state index in [0.29, 0.717) is 6.79 Å². The van der Waals surface area contributed by atoms with Crippen molar-refractivity contribution in [2.75, 3.05) is 20.4 Å². The van der Waals surface area contributed by atoms with E-state index < -0.39 is 0 Å². The predicted octanol–water partition coefficient (Wildman–Crippen LogP) is 1.54. The van der Waals surface area contributed by atoms with Crippen LogP contribution in [0, 0.1) is 0 Å². The number of nitrogens with one attached hydrogen (secondary N) is 1. The highest BCUT2D eigenvalue weighted by Gasteiger charge is 2.12. The molecular weight excluding hydrogens is 204 g/mol. The second kappa shape index (κ2) is 4.90. The normalized spacial score (nSPS) is 12.6. The summed E-state index contributed by atoms with van der Waals surface area (Å²) in [5.41, 5.74) is 4.42. The van der Waals surface area contributed by atoms with Crippen LogP contribution in [-0.4, -0.2) is 25.4 Å². The quantitative estimate of drug-likeness (QED) is 0.763. The van der Waals surface area contributed by atoms with Gasteiger partial charge < -0.3 is 14.5 Å². The first kappa shape index (κ1) is 10.8. The highest BCUT2D eigenvalue weighted by Crippen LogP contribution is 2.32. The molecule has 2 rings (SSSR count). The lowest BCUT2D eigenvalue weighted by molar-refractivity contribution is 0.174. The van der Waals surface area contributed by atoms with Crippen molar-refractivity contribution in [3.05, 3.63) is 36.5 Å². The molecule has 0 fully saturated rings. The van der Waals surface area contributed by atoms with Crippen molar-refractivity contribution in [2.24, 2.45) is 0 Å². The SMILES string of the molecule is C=CN(C)NCCc1ccc2c(c1)OCO2. The molecule has 86 valence electrons. The van der Waals surface area contributed by atoms with Gasteiger partial charge in [0.2, 0.25) is 6.79 Å². The minimum Gasteiger partial charge on any atom is -0.454 e. The van der Waals surface area contributed by atoms with Crippen LogP contribution in [0.1, 0.15) is 5.56 Å². The summed E-state index contributed by atoms with van der Waals surface area (Å²) in [6, 6.07) is 6.04. The lowest BCUT2D eigenvalue weighted by Crippen LogP contribution is -2.30. The molecule has 0 aliphatic carbocycles. The molecular formula is C12H16N2O2. The number of hydrogen-bond acceptors (Lipinski definition) is 4. The van der Waals surface area contributed by atoms with Crippen molar-refractivity contribution in [2.45, 2.75) is 6.42 Å². The molecule has 1 heterocycles. The van der Waals surface area contributed by atoms with Gasteiger partial charge in [0.25, 0.3) is 0 Å². The summed E-state index contributed by atoms with van der Waals surface area (Å²) in [6.45, 7) is 4.85. The van der Waals surface area contributed by atoms with Crippen LogP contribution in [0.25, 0.3) is 0 Å². The third-order valence-electron chi connectivity index (χ3n) is 2.49. The summed E-state index contributed by atoms with van der Waals surface area (Å²) in [6.07, 6.45) is 2.68. The van der Waals surface area contributed by atoms with Crippen LogP contribution in [0.2, 0.25) is 0 Å². The first-order valence-electron chi connectivity index (χ1n) is 5.27. The monoisotopic (exact) mass is 220 g/mol. The highest BCUT2D eigenvalue weighted by molar-refractivity contribution is 5.44. The maximum absolute atomic E-state index is 5.32. The Morgan fingerprint density at radius 1 is 1.44 bits per heavy atom. The minimum atomic E-state index is 0.330. The Kier molecular flexibility index (Phi) is 3.31. The van der Waals surface area contributed by atoms with Crippen LogP contribution >= 0.6 is 0 Å². The molecule has 0 amide bonds. The van der Waals surface area contributed by atoms with E-state index in [1.807, 2.05) is 24.2 Å². The van der Waals surface area contributed by atoms with E-state index in [1.165, 1.54) is 5.56 Å². The third kappa shape index (κ3) is 2.46. The second-order valence-corrected chi connectivity index (χ2v) is 3.64. The fraction of sp³-hybridized carbons (Fsp3) is 0.333. The van der Waals surface area contributed by atoms with Crippen LogP contribution in [0.3, 0.4) is 0 Å². The van der Waals surface area contributed by atoms with Gasteiger partial charge in [0.05, 0.1) is 0 Å². The summed E-state index contributed by atoms with van der Waals surface area (Å²) < 4.78 is 10.6. The van der Waals surface area contributed by atoms with E-state index in [1.54, 1.807) is 6.20 Å². The summed E-state index contributed by atoms with van der Waals surface area (Å²) in [7, 11) is 1.92. The fourth-order valence-corrected chi connectivity index (χ4v) is 1.54. The lowest BCUT2D eigenvalue weighted by atomic mass is 10.1. The molecule has 4 heteroatoms. The summed E-state index contributed by atoms with van der Waals surface area (Å²) >= 11 is 0. The number of benzene rings is 1. The van der Waals surface area contributed by atoms with Gasteiger partial charge in [-0.05, 0) is 24.1 Å². The largest absolute Gasteiger partial charge is 0.454 e. The molecule has 4 nitrogen and oxygen atoms in total. The average Bonchev–Trinajstić information content (AvgIpc) is 2.76. The zero-order valence-corrected chi connectivity index (χ0v) is 9.40. The Morgan fingerprint density at radius 3 is 3.06 bits per heavy atom. The molecule has 0 spiro atoms. The zero-order valence-electron chi connectivity index (χ0n) is 9.40. The number of hydrogen-bond donors (Lipinski definition) is 1. The molecule has 1 N–H and O–H groups in total. The molecule has 0 bridgehead atoms. The number of nitrogens with zero attached hydrogens (tertiary/aromatic N) is 1. The molecule has 1 aliphatic rings. The van der Waals surface area contributed by atoms with Gasteiger partial charge in [0.15, 0.2) is 11.5 Å². The number of fused-ring (bicyclic) bond motifs is 1. The Balaban J connectivity index is 1.88. The van der Waals surface area contributed by atoms with Crippen molar-refractivity contribution >= 4 is 0 Å². The van der Waals surface area contributed by atoms with Crippen LogP contribution in [-0.2, 0) is 6.42 Å². The van der Waals surface area contributed by atoms with Gasteiger partial charge in [-0.3, -0.25) is 0 Å². The van der Waals surface area contributed by atoms with Gasteiger partial charge in [-0.15, -0.1) is 0 Å². The van der Waals surface area contributed by atoms with E-state index in [9.17, 15) is 0 Å².